The molecular formula is C29H25NO7. The molecule has 0 saturated heterocycles. The predicted molar refractivity (Wildman–Crippen MR) is 133 cm³/mol. The van der Waals surface area contributed by atoms with Crippen LogP contribution in [0.1, 0.15) is 67.6 Å². The molecule has 4 rings (SSSR count). The molecule has 8 nitrogen and oxygen atoms in total. The Balaban J connectivity index is 1.38. The number of benzene rings is 3. The summed E-state index contributed by atoms with van der Waals surface area (Å²) in [6, 6.07) is 19.6. The number of imide groups is 1. The van der Waals surface area contributed by atoms with E-state index in [9.17, 15) is 24.0 Å². The van der Waals surface area contributed by atoms with Crippen LogP contribution in [0.3, 0.4) is 0 Å². The molecule has 0 fully saturated rings. The third kappa shape index (κ3) is 5.64. The molecule has 0 radical (unpaired) electrons. The van der Waals surface area contributed by atoms with E-state index < -0.39 is 42.2 Å². The van der Waals surface area contributed by atoms with Gasteiger partial charge in [0.25, 0.3) is 11.8 Å². The zero-order valence-electron chi connectivity index (χ0n) is 20.2. The quantitative estimate of drug-likeness (QED) is 0.175. The van der Waals surface area contributed by atoms with Crippen molar-refractivity contribution >= 4 is 29.5 Å². The minimum Gasteiger partial charge on any atom is -0.456 e. The van der Waals surface area contributed by atoms with Crippen molar-refractivity contribution in [2.45, 2.75) is 32.2 Å². The Kier molecular flexibility index (Phi) is 7.88. The first-order valence-corrected chi connectivity index (χ1v) is 11.9. The molecule has 2 amide bonds. The van der Waals surface area contributed by atoms with Crippen molar-refractivity contribution in [2.75, 3.05) is 6.61 Å². The Labute approximate surface area is 213 Å². The van der Waals surface area contributed by atoms with Gasteiger partial charge in [-0.2, -0.15) is 0 Å². The summed E-state index contributed by atoms with van der Waals surface area (Å²) in [4.78, 5) is 64.4. The minimum atomic E-state index is -1.13. The normalized spacial score (nSPS) is 13.2. The van der Waals surface area contributed by atoms with Gasteiger partial charge in [0, 0.05) is 5.56 Å². The number of rotatable bonds is 10. The zero-order valence-corrected chi connectivity index (χ0v) is 20.2. The Bertz CT molecular complexity index is 1300. The van der Waals surface area contributed by atoms with E-state index in [4.69, 9.17) is 9.47 Å². The van der Waals surface area contributed by atoms with Crippen LogP contribution in [0.4, 0.5) is 0 Å². The van der Waals surface area contributed by atoms with Gasteiger partial charge in [-0.3, -0.25) is 19.3 Å². The smallest absolute Gasteiger partial charge is 0.343 e. The molecule has 0 aliphatic carbocycles. The SMILES string of the molecule is CCCCC(C(=O)OCC(=O)c1ccc(OC(=O)c2ccccc2)cc1)N1C(=O)c2ccccc2C1=O. The number of ketones is 1. The summed E-state index contributed by atoms with van der Waals surface area (Å²) in [5, 5.41) is 0. The van der Waals surface area contributed by atoms with Crippen molar-refractivity contribution in [1.82, 2.24) is 4.90 Å². The molecule has 1 heterocycles. The number of amides is 2. The van der Waals surface area contributed by atoms with Crippen LogP contribution < -0.4 is 4.74 Å². The average Bonchev–Trinajstić information content (AvgIpc) is 3.18. The second-order valence-electron chi connectivity index (χ2n) is 8.49. The highest BCUT2D eigenvalue weighted by Crippen LogP contribution is 2.27. The van der Waals surface area contributed by atoms with E-state index in [1.807, 2.05) is 6.92 Å². The maximum atomic E-state index is 12.9. The zero-order chi connectivity index (χ0) is 26.4. The molecule has 188 valence electrons. The monoisotopic (exact) mass is 499 g/mol. The first-order chi connectivity index (χ1) is 17.9. The van der Waals surface area contributed by atoms with Gasteiger partial charge in [0.1, 0.15) is 11.8 Å². The minimum absolute atomic E-state index is 0.233. The van der Waals surface area contributed by atoms with Gasteiger partial charge in [-0.25, -0.2) is 9.59 Å². The van der Waals surface area contributed by atoms with Crippen LogP contribution in [0.15, 0.2) is 78.9 Å². The maximum Gasteiger partial charge on any atom is 0.343 e. The van der Waals surface area contributed by atoms with Crippen molar-refractivity contribution in [3.63, 3.8) is 0 Å². The van der Waals surface area contributed by atoms with Crippen LogP contribution in [0.5, 0.6) is 5.75 Å². The number of fused-ring (bicyclic) bond motifs is 1. The molecule has 37 heavy (non-hydrogen) atoms. The largest absolute Gasteiger partial charge is 0.456 e. The van der Waals surface area contributed by atoms with Crippen molar-refractivity contribution in [2.24, 2.45) is 0 Å². The fraction of sp³-hybridized carbons (Fsp3) is 0.207. The van der Waals surface area contributed by atoms with E-state index >= 15 is 0 Å². The Morgan fingerprint density at radius 2 is 1.38 bits per heavy atom. The number of hydrogen-bond donors (Lipinski definition) is 0. The molecule has 0 spiro atoms. The fourth-order valence-corrected chi connectivity index (χ4v) is 4.01. The summed E-state index contributed by atoms with van der Waals surface area (Å²) in [7, 11) is 0. The van der Waals surface area contributed by atoms with Gasteiger partial charge >= 0.3 is 11.9 Å². The number of Topliss-reactive ketones (excluding diaryl/α,β-unsaturated/α-hetero) is 1. The lowest BCUT2D eigenvalue weighted by Crippen LogP contribution is -2.46. The van der Waals surface area contributed by atoms with Crippen molar-refractivity contribution in [1.29, 1.82) is 0 Å². The predicted octanol–water partition coefficient (Wildman–Crippen LogP) is 4.49. The molecule has 1 atom stereocenters. The molecule has 0 saturated carbocycles. The lowest BCUT2D eigenvalue weighted by atomic mass is 10.1. The van der Waals surface area contributed by atoms with Crippen LogP contribution in [0.25, 0.3) is 0 Å². The number of carbonyl (C=O) groups is 5. The fourth-order valence-electron chi connectivity index (χ4n) is 4.01. The van der Waals surface area contributed by atoms with Crippen LogP contribution >= 0.6 is 0 Å². The summed E-state index contributed by atoms with van der Waals surface area (Å²) in [6.45, 7) is 1.36. The first-order valence-electron chi connectivity index (χ1n) is 11.9. The first kappa shape index (κ1) is 25.5. The molecule has 8 heteroatoms. The lowest BCUT2D eigenvalue weighted by Gasteiger charge is -2.24. The molecule has 1 aliphatic rings. The van der Waals surface area contributed by atoms with Crippen LogP contribution in [-0.2, 0) is 9.53 Å². The highest BCUT2D eigenvalue weighted by Gasteiger charge is 2.43. The summed E-state index contributed by atoms with van der Waals surface area (Å²) >= 11 is 0. The van der Waals surface area contributed by atoms with Crippen LogP contribution in [-0.4, -0.2) is 47.1 Å². The number of unbranched alkanes of at least 4 members (excludes halogenated alkanes) is 1. The number of nitrogens with zero attached hydrogens (tertiary/aromatic N) is 1. The van der Waals surface area contributed by atoms with Crippen LogP contribution in [0, 0.1) is 0 Å². The van der Waals surface area contributed by atoms with E-state index in [0.29, 0.717) is 12.0 Å². The summed E-state index contributed by atoms with van der Waals surface area (Å²) in [5.74, 6) is -2.67. The Morgan fingerprint density at radius 3 is 1.97 bits per heavy atom. The van der Waals surface area contributed by atoms with E-state index in [0.717, 1.165) is 11.3 Å². The topological polar surface area (TPSA) is 107 Å². The summed E-state index contributed by atoms with van der Waals surface area (Å²) in [6.07, 6.45) is 1.56. The van der Waals surface area contributed by atoms with E-state index in [2.05, 4.69) is 0 Å². The number of hydrogen-bond acceptors (Lipinski definition) is 7. The average molecular weight is 500 g/mol. The number of esters is 2. The Morgan fingerprint density at radius 1 is 0.784 bits per heavy atom. The second kappa shape index (κ2) is 11.4. The molecule has 0 bridgehead atoms. The Hall–Kier alpha value is -4.59. The number of ether oxygens (including phenoxy) is 2. The molecule has 0 N–H and O–H groups in total. The van der Waals surface area contributed by atoms with Crippen LogP contribution in [0.2, 0.25) is 0 Å². The van der Waals surface area contributed by atoms with Gasteiger partial charge in [-0.15, -0.1) is 0 Å². The highest BCUT2D eigenvalue weighted by atomic mass is 16.5. The van der Waals surface area contributed by atoms with Gasteiger partial charge < -0.3 is 9.47 Å². The van der Waals surface area contributed by atoms with Gasteiger partial charge in [0.2, 0.25) is 0 Å². The van der Waals surface area contributed by atoms with Gasteiger partial charge in [0.15, 0.2) is 12.4 Å². The van der Waals surface area contributed by atoms with Gasteiger partial charge in [0.05, 0.1) is 16.7 Å². The van der Waals surface area contributed by atoms with E-state index in [1.165, 1.54) is 24.3 Å². The molecule has 0 aromatic heterocycles. The van der Waals surface area contributed by atoms with Gasteiger partial charge in [-0.05, 0) is 55.0 Å². The second-order valence-corrected chi connectivity index (χ2v) is 8.49. The van der Waals surface area contributed by atoms with Gasteiger partial charge in [-0.1, -0.05) is 50.1 Å². The molecule has 1 unspecified atom stereocenters. The van der Waals surface area contributed by atoms with Crippen molar-refractivity contribution in [3.8, 4) is 5.75 Å². The molecule has 3 aromatic carbocycles. The number of carbonyl (C=O) groups excluding carboxylic acids is 5. The third-order valence-corrected chi connectivity index (χ3v) is 5.98. The summed E-state index contributed by atoms with van der Waals surface area (Å²) in [5.41, 5.74) is 1.13. The highest BCUT2D eigenvalue weighted by molar-refractivity contribution is 6.22. The maximum absolute atomic E-state index is 12.9. The standard InChI is InChI=1S/C29H25NO7/c1-2-3-13-24(30-26(32)22-11-7-8-12-23(22)27(30)33)29(35)36-18-25(31)19-14-16-21(17-15-19)37-28(34)20-9-5-4-6-10-20/h4-12,14-17,24H,2-3,13,18H2,1H3. The molecule has 3 aromatic rings. The lowest BCUT2D eigenvalue weighted by molar-refractivity contribution is -0.147. The molecular weight excluding hydrogens is 474 g/mol. The van der Waals surface area contributed by atoms with E-state index in [1.54, 1.807) is 54.6 Å². The third-order valence-electron chi connectivity index (χ3n) is 5.98. The molecule has 1 aliphatic heterocycles. The van der Waals surface area contributed by atoms with Crippen molar-refractivity contribution < 1.29 is 33.4 Å². The van der Waals surface area contributed by atoms with E-state index in [-0.39, 0.29) is 28.9 Å². The summed E-state index contributed by atoms with van der Waals surface area (Å²) < 4.78 is 10.6. The van der Waals surface area contributed by atoms with Crippen molar-refractivity contribution in [3.05, 3.63) is 101 Å².